The fourth-order valence-electron chi connectivity index (χ4n) is 4.36. The van der Waals surface area contributed by atoms with Gasteiger partial charge in [0.1, 0.15) is 0 Å². The van der Waals surface area contributed by atoms with E-state index in [4.69, 9.17) is 9.47 Å². The van der Waals surface area contributed by atoms with E-state index in [1.54, 1.807) is 23.1 Å². The molecule has 1 saturated heterocycles. The number of ether oxygens (including phenoxy) is 2. The van der Waals surface area contributed by atoms with Crippen molar-refractivity contribution in [3.8, 4) is 11.5 Å². The lowest BCUT2D eigenvalue weighted by atomic mass is 9.95. The fraction of sp³-hybridized carbons (Fsp3) is 0.321. The van der Waals surface area contributed by atoms with Gasteiger partial charge in [-0.15, -0.1) is 0 Å². The molecule has 4 rings (SSSR count). The Hall–Kier alpha value is -4.07. The molecule has 3 aromatic rings. The van der Waals surface area contributed by atoms with E-state index in [2.05, 4.69) is 10.9 Å². The van der Waals surface area contributed by atoms with E-state index in [1.807, 2.05) is 49.4 Å². The minimum absolute atomic E-state index is 0.0285. The summed E-state index contributed by atoms with van der Waals surface area (Å²) in [5, 5.41) is 1.95. The maximum atomic E-state index is 13.1. The van der Waals surface area contributed by atoms with Crippen molar-refractivity contribution in [2.75, 3.05) is 26.8 Å². The molecule has 0 radical (unpaired) electrons. The number of hydrazine groups is 1. The standard InChI is InChI=1S/C28H31N3O5/c1-3-17-36-24-12-11-21(18-25(24)35-2)27(33)30-29-26(32)20-13-15-31(16-14-20)28(34)23-10-6-8-19-7-4-5-9-22(19)23/h4-12,18,20H,3,13-17H2,1-2H3,(H,29,32)(H,30,33). The maximum absolute atomic E-state index is 13.1. The van der Waals surface area contributed by atoms with Gasteiger partial charge in [0.25, 0.3) is 11.8 Å². The molecule has 0 unspecified atom stereocenters. The van der Waals surface area contributed by atoms with Crippen molar-refractivity contribution in [1.29, 1.82) is 0 Å². The highest BCUT2D eigenvalue weighted by atomic mass is 16.5. The Morgan fingerprint density at radius 2 is 1.69 bits per heavy atom. The number of piperidine rings is 1. The van der Waals surface area contributed by atoms with Crippen LogP contribution in [0, 0.1) is 5.92 Å². The molecule has 0 bridgehead atoms. The summed E-state index contributed by atoms with van der Waals surface area (Å²) in [4.78, 5) is 40.2. The van der Waals surface area contributed by atoms with E-state index in [-0.39, 0.29) is 17.7 Å². The van der Waals surface area contributed by atoms with Crippen molar-refractivity contribution in [2.24, 2.45) is 5.92 Å². The zero-order valence-corrected chi connectivity index (χ0v) is 20.6. The molecule has 8 nitrogen and oxygen atoms in total. The number of hydrogen-bond donors (Lipinski definition) is 2. The lowest BCUT2D eigenvalue weighted by molar-refractivity contribution is -0.127. The number of fused-ring (bicyclic) bond motifs is 1. The van der Waals surface area contributed by atoms with E-state index in [0.29, 0.717) is 55.2 Å². The number of likely N-dealkylation sites (tertiary alicyclic amines) is 1. The smallest absolute Gasteiger partial charge is 0.269 e. The molecule has 8 heteroatoms. The van der Waals surface area contributed by atoms with Crippen LogP contribution in [0.25, 0.3) is 10.8 Å². The molecule has 1 aliphatic heterocycles. The Morgan fingerprint density at radius 1 is 0.944 bits per heavy atom. The molecule has 36 heavy (non-hydrogen) atoms. The van der Waals surface area contributed by atoms with Gasteiger partial charge in [-0.2, -0.15) is 0 Å². The number of nitrogens with one attached hydrogen (secondary N) is 2. The second-order valence-corrected chi connectivity index (χ2v) is 8.75. The highest BCUT2D eigenvalue weighted by molar-refractivity contribution is 6.07. The number of rotatable bonds is 7. The maximum Gasteiger partial charge on any atom is 0.269 e. The van der Waals surface area contributed by atoms with Crippen LogP contribution in [0.3, 0.4) is 0 Å². The first kappa shape index (κ1) is 25.0. The van der Waals surface area contributed by atoms with Gasteiger partial charge in [-0.3, -0.25) is 25.2 Å². The fourth-order valence-corrected chi connectivity index (χ4v) is 4.36. The third-order valence-electron chi connectivity index (χ3n) is 6.36. The van der Waals surface area contributed by atoms with Gasteiger partial charge in [0.05, 0.1) is 13.7 Å². The first-order chi connectivity index (χ1) is 17.5. The second-order valence-electron chi connectivity index (χ2n) is 8.75. The van der Waals surface area contributed by atoms with Gasteiger partial charge in [-0.1, -0.05) is 43.3 Å². The predicted molar refractivity (Wildman–Crippen MR) is 137 cm³/mol. The Morgan fingerprint density at radius 3 is 2.44 bits per heavy atom. The van der Waals surface area contributed by atoms with E-state index in [1.165, 1.54) is 7.11 Å². The summed E-state index contributed by atoms with van der Waals surface area (Å²) < 4.78 is 10.9. The van der Waals surface area contributed by atoms with Crippen molar-refractivity contribution >= 4 is 28.5 Å². The van der Waals surface area contributed by atoms with Crippen LogP contribution >= 0.6 is 0 Å². The first-order valence-corrected chi connectivity index (χ1v) is 12.2. The first-order valence-electron chi connectivity index (χ1n) is 12.2. The molecule has 0 aromatic heterocycles. The van der Waals surface area contributed by atoms with Crippen molar-refractivity contribution in [3.63, 3.8) is 0 Å². The zero-order valence-electron chi connectivity index (χ0n) is 20.6. The summed E-state index contributed by atoms with van der Waals surface area (Å²) in [5.41, 5.74) is 6.01. The monoisotopic (exact) mass is 489 g/mol. The highest BCUT2D eigenvalue weighted by Gasteiger charge is 2.28. The molecular formula is C28H31N3O5. The highest BCUT2D eigenvalue weighted by Crippen LogP contribution is 2.28. The third kappa shape index (κ3) is 5.59. The van der Waals surface area contributed by atoms with Crippen LogP contribution in [0.15, 0.2) is 60.7 Å². The van der Waals surface area contributed by atoms with Crippen molar-refractivity contribution in [2.45, 2.75) is 26.2 Å². The largest absolute Gasteiger partial charge is 0.493 e. The number of benzene rings is 3. The molecule has 188 valence electrons. The molecule has 1 heterocycles. The molecule has 1 fully saturated rings. The molecule has 3 amide bonds. The molecular weight excluding hydrogens is 458 g/mol. The van der Waals surface area contributed by atoms with E-state index < -0.39 is 5.91 Å². The van der Waals surface area contributed by atoms with Crippen LogP contribution in [0.2, 0.25) is 0 Å². The topological polar surface area (TPSA) is 97.0 Å². The van der Waals surface area contributed by atoms with Crippen LogP contribution in [0.4, 0.5) is 0 Å². The molecule has 0 spiro atoms. The summed E-state index contributed by atoms with van der Waals surface area (Å²) >= 11 is 0. The van der Waals surface area contributed by atoms with Crippen molar-refractivity contribution in [1.82, 2.24) is 15.8 Å². The number of amides is 3. The van der Waals surface area contributed by atoms with Gasteiger partial charge in [-0.05, 0) is 54.3 Å². The van der Waals surface area contributed by atoms with Gasteiger partial charge in [0, 0.05) is 30.1 Å². The quantitative estimate of drug-likeness (QED) is 0.490. The Balaban J connectivity index is 1.30. The summed E-state index contributed by atoms with van der Waals surface area (Å²) in [6.07, 6.45) is 1.90. The molecule has 1 aliphatic rings. The Bertz CT molecular complexity index is 1250. The molecule has 3 aromatic carbocycles. The van der Waals surface area contributed by atoms with Crippen LogP contribution in [0.5, 0.6) is 11.5 Å². The lowest BCUT2D eigenvalue weighted by Crippen LogP contribution is -2.48. The molecule has 2 N–H and O–H groups in total. The average molecular weight is 490 g/mol. The van der Waals surface area contributed by atoms with E-state index in [0.717, 1.165) is 17.2 Å². The minimum atomic E-state index is -0.452. The average Bonchev–Trinajstić information content (AvgIpc) is 2.93. The summed E-state index contributed by atoms with van der Waals surface area (Å²) in [6, 6.07) is 18.4. The molecule has 0 saturated carbocycles. The second kappa shape index (κ2) is 11.6. The van der Waals surface area contributed by atoms with Gasteiger partial charge in [-0.25, -0.2) is 0 Å². The van der Waals surface area contributed by atoms with Crippen LogP contribution in [0.1, 0.15) is 46.9 Å². The van der Waals surface area contributed by atoms with E-state index in [9.17, 15) is 14.4 Å². The van der Waals surface area contributed by atoms with Gasteiger partial charge >= 0.3 is 0 Å². The normalized spacial score (nSPS) is 13.8. The lowest BCUT2D eigenvalue weighted by Gasteiger charge is -2.31. The number of hydrogen-bond acceptors (Lipinski definition) is 5. The molecule has 0 aliphatic carbocycles. The third-order valence-corrected chi connectivity index (χ3v) is 6.36. The zero-order chi connectivity index (χ0) is 25.5. The number of carbonyl (C=O) groups excluding carboxylic acids is 3. The van der Waals surface area contributed by atoms with Gasteiger partial charge in [0.2, 0.25) is 5.91 Å². The van der Waals surface area contributed by atoms with Crippen LogP contribution in [-0.2, 0) is 4.79 Å². The molecule has 0 atom stereocenters. The minimum Gasteiger partial charge on any atom is -0.493 e. The van der Waals surface area contributed by atoms with Gasteiger partial charge < -0.3 is 14.4 Å². The SMILES string of the molecule is CCCOc1ccc(C(=O)NNC(=O)C2CCN(C(=O)c3cccc4ccccc34)CC2)cc1OC. The Kier molecular flexibility index (Phi) is 8.05. The van der Waals surface area contributed by atoms with Crippen molar-refractivity contribution < 1.29 is 23.9 Å². The number of nitrogens with zero attached hydrogens (tertiary/aromatic N) is 1. The van der Waals surface area contributed by atoms with Crippen LogP contribution < -0.4 is 20.3 Å². The Labute approximate surface area is 210 Å². The van der Waals surface area contributed by atoms with Crippen molar-refractivity contribution in [3.05, 3.63) is 71.8 Å². The van der Waals surface area contributed by atoms with Gasteiger partial charge in [0.15, 0.2) is 11.5 Å². The number of carbonyl (C=O) groups is 3. The summed E-state index contributed by atoms with van der Waals surface area (Å²) in [6.45, 7) is 3.50. The van der Waals surface area contributed by atoms with E-state index >= 15 is 0 Å². The summed E-state index contributed by atoms with van der Waals surface area (Å²) in [5.74, 6) is -0.0290. The predicted octanol–water partition coefficient (Wildman–Crippen LogP) is 3.95. The summed E-state index contributed by atoms with van der Waals surface area (Å²) in [7, 11) is 1.51. The number of methoxy groups -OCH3 is 1. The van der Waals surface area contributed by atoms with Crippen LogP contribution in [-0.4, -0.2) is 49.4 Å².